The topological polar surface area (TPSA) is 71.4 Å². The van der Waals surface area contributed by atoms with Crippen molar-refractivity contribution in [3.05, 3.63) is 35.4 Å². The maximum Gasteiger partial charge on any atom is 0.314 e. The normalized spacial score (nSPS) is 22.2. The second-order valence-electron chi connectivity index (χ2n) is 5.03. The molecule has 1 unspecified atom stereocenters. The smallest absolute Gasteiger partial charge is 0.314 e. The van der Waals surface area contributed by atoms with E-state index in [0.717, 1.165) is 11.1 Å². The summed E-state index contributed by atoms with van der Waals surface area (Å²) in [5.74, 6) is -0.919. The molecule has 0 saturated heterocycles. The fraction of sp³-hybridized carbons (Fsp3) is 0.500. The van der Waals surface area contributed by atoms with Gasteiger partial charge in [-0.2, -0.15) is 0 Å². The minimum Gasteiger partial charge on any atom is -0.481 e. The Morgan fingerprint density at radius 1 is 1.37 bits per heavy atom. The Balaban J connectivity index is 2.34. The molecule has 0 amide bonds. The molecule has 1 aromatic carbocycles. The summed E-state index contributed by atoms with van der Waals surface area (Å²) in [7, 11) is -3.14. The van der Waals surface area contributed by atoms with Crippen LogP contribution in [0, 0.1) is 0 Å². The molecule has 4 nitrogen and oxygen atoms in total. The zero-order valence-electron chi connectivity index (χ0n) is 10.9. The van der Waals surface area contributed by atoms with Gasteiger partial charge in [0.25, 0.3) is 0 Å². The number of sulfone groups is 1. The van der Waals surface area contributed by atoms with Gasteiger partial charge in [0.15, 0.2) is 0 Å². The van der Waals surface area contributed by atoms with Crippen LogP contribution in [0.5, 0.6) is 0 Å². The lowest BCUT2D eigenvalue weighted by Gasteiger charge is -2.25. The van der Waals surface area contributed by atoms with Crippen LogP contribution >= 0.6 is 0 Å². The molecule has 0 heterocycles. The Morgan fingerprint density at radius 2 is 2.05 bits per heavy atom. The summed E-state index contributed by atoms with van der Waals surface area (Å²) in [6, 6.07) is 7.44. The number of carboxylic acids is 1. The van der Waals surface area contributed by atoms with Crippen LogP contribution in [0.25, 0.3) is 0 Å². The van der Waals surface area contributed by atoms with Crippen LogP contribution in [0.4, 0.5) is 0 Å². The number of benzene rings is 1. The average Bonchev–Trinajstić information content (AvgIpc) is 2.77. The fourth-order valence-electron chi connectivity index (χ4n) is 2.75. The van der Waals surface area contributed by atoms with Gasteiger partial charge in [0.05, 0.1) is 11.2 Å². The van der Waals surface area contributed by atoms with Gasteiger partial charge >= 0.3 is 5.97 Å². The van der Waals surface area contributed by atoms with Crippen molar-refractivity contribution < 1.29 is 18.3 Å². The molecule has 19 heavy (non-hydrogen) atoms. The summed E-state index contributed by atoms with van der Waals surface area (Å²) < 4.78 is 23.3. The highest BCUT2D eigenvalue weighted by Crippen LogP contribution is 2.42. The van der Waals surface area contributed by atoms with Crippen LogP contribution in [0.3, 0.4) is 0 Å². The highest BCUT2D eigenvalue weighted by molar-refractivity contribution is 7.91. The van der Waals surface area contributed by atoms with E-state index in [1.54, 1.807) is 6.92 Å². The van der Waals surface area contributed by atoms with Crippen molar-refractivity contribution in [2.24, 2.45) is 0 Å². The van der Waals surface area contributed by atoms with Crippen LogP contribution in [0.1, 0.15) is 30.9 Å². The fourth-order valence-corrected chi connectivity index (χ4v) is 3.70. The summed E-state index contributed by atoms with van der Waals surface area (Å²) in [6.07, 6.45) is 1.35. The molecule has 1 aliphatic carbocycles. The lowest BCUT2D eigenvalue weighted by Crippen LogP contribution is -2.35. The van der Waals surface area contributed by atoms with E-state index in [4.69, 9.17) is 0 Å². The predicted octanol–water partition coefficient (Wildman–Crippen LogP) is 1.78. The number of rotatable bonds is 5. The van der Waals surface area contributed by atoms with E-state index in [1.807, 2.05) is 24.3 Å². The zero-order chi connectivity index (χ0) is 14.1. The van der Waals surface area contributed by atoms with Gasteiger partial charge in [-0.05, 0) is 30.4 Å². The molecule has 0 aliphatic heterocycles. The van der Waals surface area contributed by atoms with E-state index in [9.17, 15) is 18.3 Å². The number of carboxylic acid groups (broad SMARTS) is 1. The molecular weight excluding hydrogens is 264 g/mol. The summed E-state index contributed by atoms with van der Waals surface area (Å²) in [5, 5.41) is 9.59. The summed E-state index contributed by atoms with van der Waals surface area (Å²) in [4.78, 5) is 11.7. The third-order valence-electron chi connectivity index (χ3n) is 4.04. The quantitative estimate of drug-likeness (QED) is 0.893. The number of aliphatic carboxylic acids is 1. The molecule has 1 aliphatic rings. The lowest BCUT2D eigenvalue weighted by molar-refractivity contribution is -0.144. The maximum atomic E-state index is 11.7. The average molecular weight is 282 g/mol. The molecule has 0 aromatic heterocycles. The number of hydrogen-bond acceptors (Lipinski definition) is 3. The van der Waals surface area contributed by atoms with Crippen LogP contribution in [-0.2, 0) is 26.5 Å². The van der Waals surface area contributed by atoms with Crippen LogP contribution in [0.15, 0.2) is 24.3 Å². The number of fused-ring (bicyclic) bond motifs is 1. The maximum absolute atomic E-state index is 11.7. The molecule has 104 valence electrons. The SMILES string of the molecule is CCS(=O)(=O)CCC1(C(=O)O)CCc2ccccc21. The van der Waals surface area contributed by atoms with Gasteiger partial charge < -0.3 is 5.11 Å². The molecule has 5 heteroatoms. The van der Waals surface area contributed by atoms with E-state index in [-0.39, 0.29) is 17.9 Å². The molecule has 0 bridgehead atoms. The van der Waals surface area contributed by atoms with Crippen LogP contribution in [-0.4, -0.2) is 31.0 Å². The molecule has 0 spiro atoms. The monoisotopic (exact) mass is 282 g/mol. The number of hydrogen-bond donors (Lipinski definition) is 1. The van der Waals surface area contributed by atoms with E-state index in [0.29, 0.717) is 12.8 Å². The Hall–Kier alpha value is -1.36. The van der Waals surface area contributed by atoms with Gasteiger partial charge in [0.2, 0.25) is 0 Å². The van der Waals surface area contributed by atoms with Crippen molar-refractivity contribution in [2.75, 3.05) is 11.5 Å². The Labute approximate surface area is 113 Å². The van der Waals surface area contributed by atoms with Crippen molar-refractivity contribution in [2.45, 2.75) is 31.6 Å². The second-order valence-corrected chi connectivity index (χ2v) is 7.50. The summed E-state index contributed by atoms with van der Waals surface area (Å²) in [6.45, 7) is 1.59. The van der Waals surface area contributed by atoms with Crippen LogP contribution in [0.2, 0.25) is 0 Å². The number of aryl methyl sites for hydroxylation is 1. The Kier molecular flexibility index (Phi) is 3.67. The summed E-state index contributed by atoms with van der Waals surface area (Å²) >= 11 is 0. The lowest BCUT2D eigenvalue weighted by atomic mass is 9.79. The third kappa shape index (κ3) is 2.52. The van der Waals surface area contributed by atoms with Crippen molar-refractivity contribution in [3.63, 3.8) is 0 Å². The van der Waals surface area contributed by atoms with Gasteiger partial charge in [0, 0.05) is 5.75 Å². The van der Waals surface area contributed by atoms with Crippen molar-refractivity contribution >= 4 is 15.8 Å². The molecule has 2 rings (SSSR count). The molecule has 1 N–H and O–H groups in total. The predicted molar refractivity (Wildman–Crippen MR) is 73.0 cm³/mol. The number of carbonyl (C=O) groups is 1. The summed E-state index contributed by atoms with van der Waals surface area (Å²) in [5.41, 5.74) is 0.784. The first-order valence-corrected chi connectivity index (χ1v) is 8.25. The molecule has 1 aromatic rings. The standard InChI is InChI=1S/C14H18O4S/c1-2-19(17,18)10-9-14(13(15)16)8-7-11-5-3-4-6-12(11)14/h3-6H,2,7-10H2,1H3,(H,15,16). The van der Waals surface area contributed by atoms with Gasteiger partial charge in [-0.25, -0.2) is 8.42 Å². The molecule has 0 saturated carbocycles. The minimum atomic E-state index is -3.14. The van der Waals surface area contributed by atoms with Gasteiger partial charge in [-0.3, -0.25) is 4.79 Å². The highest BCUT2D eigenvalue weighted by Gasteiger charge is 2.45. The minimum absolute atomic E-state index is 0.0599. The zero-order valence-corrected chi connectivity index (χ0v) is 11.7. The van der Waals surface area contributed by atoms with Gasteiger partial charge in [-0.15, -0.1) is 0 Å². The first-order valence-electron chi connectivity index (χ1n) is 6.43. The van der Waals surface area contributed by atoms with Gasteiger partial charge in [0.1, 0.15) is 9.84 Å². The molecule has 0 radical (unpaired) electrons. The van der Waals surface area contributed by atoms with E-state index in [1.165, 1.54) is 0 Å². The molecule has 1 atom stereocenters. The molecule has 0 fully saturated rings. The van der Waals surface area contributed by atoms with E-state index in [2.05, 4.69) is 0 Å². The van der Waals surface area contributed by atoms with E-state index >= 15 is 0 Å². The van der Waals surface area contributed by atoms with Crippen LogP contribution < -0.4 is 0 Å². The second kappa shape index (κ2) is 4.96. The molecular formula is C14H18O4S. The van der Waals surface area contributed by atoms with Crippen molar-refractivity contribution in [1.29, 1.82) is 0 Å². The van der Waals surface area contributed by atoms with Crippen molar-refractivity contribution in [3.8, 4) is 0 Å². The Bertz CT molecular complexity index is 591. The Morgan fingerprint density at radius 3 is 2.68 bits per heavy atom. The largest absolute Gasteiger partial charge is 0.481 e. The highest BCUT2D eigenvalue weighted by atomic mass is 32.2. The first-order chi connectivity index (χ1) is 8.91. The van der Waals surface area contributed by atoms with E-state index < -0.39 is 21.2 Å². The van der Waals surface area contributed by atoms with Crippen molar-refractivity contribution in [1.82, 2.24) is 0 Å². The third-order valence-corrected chi connectivity index (χ3v) is 5.75. The van der Waals surface area contributed by atoms with Gasteiger partial charge in [-0.1, -0.05) is 31.2 Å². The first kappa shape index (κ1) is 14.1.